The van der Waals surface area contributed by atoms with Gasteiger partial charge in [-0.2, -0.15) is 5.10 Å². The Labute approximate surface area is 217 Å². The van der Waals surface area contributed by atoms with Gasteiger partial charge in [-0.05, 0) is 36.8 Å². The van der Waals surface area contributed by atoms with Gasteiger partial charge in [0.2, 0.25) is 0 Å². The minimum absolute atomic E-state index is 0.112. The normalized spacial score (nSPS) is 18.9. The van der Waals surface area contributed by atoms with Crippen LogP contribution in [-0.4, -0.2) is 53.2 Å². The van der Waals surface area contributed by atoms with Gasteiger partial charge in [-0.3, -0.25) is 15.8 Å². The first-order valence-electron chi connectivity index (χ1n) is 11.3. The number of pyridine rings is 2. The lowest BCUT2D eigenvalue weighted by molar-refractivity contribution is 0.214. The maximum Gasteiger partial charge on any atom is 0.177 e. The molecule has 4 aromatic rings. The van der Waals surface area contributed by atoms with Crippen molar-refractivity contribution in [1.82, 2.24) is 20.2 Å². The Hall–Kier alpha value is -2.92. The number of anilines is 1. The molecule has 9 nitrogen and oxygen atoms in total. The number of hydrogen-bond donors (Lipinski definition) is 2. The zero-order valence-electron chi connectivity index (χ0n) is 19.0. The number of fused-ring (bicyclic) bond motifs is 1. The van der Waals surface area contributed by atoms with E-state index in [1.807, 2.05) is 24.3 Å². The van der Waals surface area contributed by atoms with Crippen molar-refractivity contribution in [3.05, 3.63) is 64.5 Å². The van der Waals surface area contributed by atoms with E-state index < -0.39 is 16.1 Å². The van der Waals surface area contributed by atoms with Gasteiger partial charge in [0.05, 0.1) is 27.1 Å². The number of rotatable bonds is 5. The molecule has 3 N–H and O–H groups in total. The molecule has 2 saturated heterocycles. The minimum Gasteiger partial charge on any atom is -0.471 e. The van der Waals surface area contributed by atoms with Gasteiger partial charge in [0.15, 0.2) is 16.1 Å². The zero-order chi connectivity index (χ0) is 25.1. The molecule has 0 unspecified atom stereocenters. The monoisotopic (exact) mass is 544 g/mol. The Morgan fingerprint density at radius 2 is 1.89 bits per heavy atom. The second-order valence-corrected chi connectivity index (χ2v) is 12.4. The molecule has 186 valence electrons. The SMILES string of the molecule is N[C@@H](Oc1ccc2[nH]nc(-c3ccc(N4CC5(CCS(=O)(=O)C5)C4)nc3)c2c1)c1c(Cl)cncc1Cl. The van der Waals surface area contributed by atoms with Crippen LogP contribution in [0.3, 0.4) is 0 Å². The molecule has 6 rings (SSSR count). The van der Waals surface area contributed by atoms with Gasteiger partial charge in [-0.1, -0.05) is 23.2 Å². The summed E-state index contributed by atoms with van der Waals surface area (Å²) in [6.45, 7) is 1.44. The number of halogens is 2. The molecule has 12 heteroatoms. The van der Waals surface area contributed by atoms with E-state index in [0.29, 0.717) is 27.1 Å². The lowest BCUT2D eigenvalue weighted by atomic mass is 9.79. The van der Waals surface area contributed by atoms with Crippen LogP contribution in [-0.2, 0) is 9.84 Å². The van der Waals surface area contributed by atoms with Gasteiger partial charge in [-0.25, -0.2) is 13.4 Å². The molecule has 0 bridgehead atoms. The molecule has 0 radical (unpaired) electrons. The Kier molecular flexibility index (Phi) is 5.60. The van der Waals surface area contributed by atoms with Crippen molar-refractivity contribution in [1.29, 1.82) is 0 Å². The van der Waals surface area contributed by atoms with Gasteiger partial charge < -0.3 is 9.64 Å². The van der Waals surface area contributed by atoms with Gasteiger partial charge in [0.1, 0.15) is 17.3 Å². The first kappa shape index (κ1) is 23.5. The van der Waals surface area contributed by atoms with E-state index in [9.17, 15) is 8.42 Å². The van der Waals surface area contributed by atoms with Crippen LogP contribution in [0.5, 0.6) is 5.75 Å². The topological polar surface area (TPSA) is 127 Å². The molecule has 5 heterocycles. The molecule has 2 aliphatic heterocycles. The maximum atomic E-state index is 11.9. The third-order valence-corrected chi connectivity index (χ3v) is 9.32. The Bertz CT molecular complexity index is 1550. The van der Waals surface area contributed by atoms with Crippen LogP contribution in [0.15, 0.2) is 48.9 Å². The molecular weight excluding hydrogens is 523 g/mol. The summed E-state index contributed by atoms with van der Waals surface area (Å²) >= 11 is 12.4. The number of aromatic amines is 1. The number of H-pyrrole nitrogens is 1. The molecule has 0 aliphatic carbocycles. The first-order chi connectivity index (χ1) is 17.2. The molecule has 36 heavy (non-hydrogen) atoms. The van der Waals surface area contributed by atoms with Crippen molar-refractivity contribution in [2.24, 2.45) is 11.1 Å². The van der Waals surface area contributed by atoms with E-state index in [0.717, 1.165) is 47.5 Å². The molecule has 0 saturated carbocycles. The molecular formula is C24H22Cl2N6O3S. The Morgan fingerprint density at radius 1 is 1.11 bits per heavy atom. The third-order valence-electron chi connectivity index (χ3n) is 6.84. The standard InChI is InChI=1S/C24H22Cl2N6O3S/c25-17-9-28-10-18(26)21(17)23(27)35-15-2-3-19-16(7-15)22(31-30-19)14-1-4-20(29-8-14)32-11-24(12-32)5-6-36(33,34)13-24/h1-4,7-10,23H,5-6,11-13,27H2,(H,30,31)/t23-/m0/s1. The predicted molar refractivity (Wildman–Crippen MR) is 139 cm³/mol. The quantitative estimate of drug-likeness (QED) is 0.361. The highest BCUT2D eigenvalue weighted by Crippen LogP contribution is 2.42. The number of hydrogen-bond acceptors (Lipinski definition) is 8. The predicted octanol–water partition coefficient (Wildman–Crippen LogP) is 3.99. The molecule has 3 aromatic heterocycles. The Morgan fingerprint density at radius 3 is 2.56 bits per heavy atom. The smallest absolute Gasteiger partial charge is 0.177 e. The maximum absolute atomic E-state index is 11.9. The average molecular weight is 545 g/mol. The highest BCUT2D eigenvalue weighted by molar-refractivity contribution is 7.91. The van der Waals surface area contributed by atoms with E-state index >= 15 is 0 Å². The van der Waals surface area contributed by atoms with E-state index in [4.69, 9.17) is 33.7 Å². The van der Waals surface area contributed by atoms with Crippen molar-refractivity contribution in [3.63, 3.8) is 0 Å². The highest BCUT2D eigenvalue weighted by Gasteiger charge is 2.50. The van der Waals surface area contributed by atoms with Crippen LogP contribution in [0.1, 0.15) is 18.2 Å². The van der Waals surface area contributed by atoms with Crippen molar-refractivity contribution >= 4 is 49.8 Å². The summed E-state index contributed by atoms with van der Waals surface area (Å²) in [6.07, 6.45) is 4.57. The summed E-state index contributed by atoms with van der Waals surface area (Å²) in [5.41, 5.74) is 8.98. The summed E-state index contributed by atoms with van der Waals surface area (Å²) in [4.78, 5) is 10.7. The first-order valence-corrected chi connectivity index (χ1v) is 13.9. The van der Waals surface area contributed by atoms with E-state index in [1.54, 1.807) is 12.3 Å². The van der Waals surface area contributed by atoms with Crippen LogP contribution in [0.25, 0.3) is 22.2 Å². The van der Waals surface area contributed by atoms with E-state index in [1.165, 1.54) is 12.4 Å². The van der Waals surface area contributed by atoms with Gasteiger partial charge in [-0.15, -0.1) is 0 Å². The Balaban J connectivity index is 1.21. The van der Waals surface area contributed by atoms with Gasteiger partial charge >= 0.3 is 0 Å². The molecule has 2 fully saturated rings. The van der Waals surface area contributed by atoms with Gasteiger partial charge in [0, 0.05) is 53.6 Å². The summed E-state index contributed by atoms with van der Waals surface area (Å²) in [7, 11) is -2.90. The molecule has 1 atom stereocenters. The number of aromatic nitrogens is 4. The molecule has 1 spiro atoms. The fourth-order valence-corrected chi connectivity index (χ4v) is 7.78. The van der Waals surface area contributed by atoms with Crippen LogP contribution < -0.4 is 15.4 Å². The lowest BCUT2D eigenvalue weighted by Gasteiger charge is -2.48. The molecule has 0 amide bonds. The van der Waals surface area contributed by atoms with Crippen LogP contribution >= 0.6 is 23.2 Å². The summed E-state index contributed by atoms with van der Waals surface area (Å²) in [5.74, 6) is 1.93. The average Bonchev–Trinajstić information content (AvgIpc) is 3.38. The number of nitrogens with one attached hydrogen (secondary N) is 1. The highest BCUT2D eigenvalue weighted by atomic mass is 35.5. The molecule has 1 aromatic carbocycles. The third kappa shape index (κ3) is 4.17. The van der Waals surface area contributed by atoms with Crippen molar-refractivity contribution in [2.75, 3.05) is 29.5 Å². The second-order valence-electron chi connectivity index (χ2n) is 9.44. The van der Waals surface area contributed by atoms with Gasteiger partial charge in [0.25, 0.3) is 0 Å². The fraction of sp³-hybridized carbons (Fsp3) is 0.292. The van der Waals surface area contributed by atoms with Crippen molar-refractivity contribution < 1.29 is 13.2 Å². The number of nitrogens with zero attached hydrogens (tertiary/aromatic N) is 4. The number of sulfone groups is 1. The lowest BCUT2D eigenvalue weighted by Crippen LogP contribution is -2.57. The van der Waals surface area contributed by atoms with E-state index in [2.05, 4.69) is 25.1 Å². The zero-order valence-corrected chi connectivity index (χ0v) is 21.3. The summed E-state index contributed by atoms with van der Waals surface area (Å²) in [5, 5.41) is 9.01. The number of benzene rings is 1. The van der Waals surface area contributed by atoms with Crippen LogP contribution in [0, 0.1) is 5.41 Å². The van der Waals surface area contributed by atoms with Crippen molar-refractivity contribution in [3.8, 4) is 17.0 Å². The van der Waals surface area contributed by atoms with Crippen LogP contribution in [0.4, 0.5) is 5.82 Å². The summed E-state index contributed by atoms with van der Waals surface area (Å²) < 4.78 is 29.7. The molecule has 2 aliphatic rings. The largest absolute Gasteiger partial charge is 0.471 e. The second kappa shape index (κ2) is 8.58. The number of nitrogens with two attached hydrogens (primary N) is 1. The van der Waals surface area contributed by atoms with Crippen molar-refractivity contribution in [2.45, 2.75) is 12.6 Å². The fourth-order valence-electron chi connectivity index (χ4n) is 5.06. The van der Waals surface area contributed by atoms with E-state index in [-0.39, 0.29) is 11.2 Å². The minimum atomic E-state index is -2.90. The number of ether oxygens (including phenoxy) is 1. The summed E-state index contributed by atoms with van der Waals surface area (Å²) in [6, 6.07) is 9.41. The van der Waals surface area contributed by atoms with Crippen LogP contribution in [0.2, 0.25) is 10.0 Å².